The van der Waals surface area contributed by atoms with E-state index in [4.69, 9.17) is 18.9 Å². The van der Waals surface area contributed by atoms with Gasteiger partial charge in [0.25, 0.3) is 0 Å². The smallest absolute Gasteiger partial charge is 0.330 e. The van der Waals surface area contributed by atoms with Crippen LogP contribution in [0.2, 0.25) is 0 Å². The molecule has 1 saturated heterocycles. The first-order chi connectivity index (χ1) is 15.2. The van der Waals surface area contributed by atoms with Crippen LogP contribution in [0, 0.1) is 0 Å². The maximum Gasteiger partial charge on any atom is 0.330 e. The van der Waals surface area contributed by atoms with Crippen LogP contribution in [0.4, 0.5) is 0 Å². The van der Waals surface area contributed by atoms with Gasteiger partial charge in [0.1, 0.15) is 43.2 Å². The van der Waals surface area contributed by atoms with Crippen LogP contribution >= 0.6 is 0 Å². The van der Waals surface area contributed by atoms with Crippen LogP contribution in [0.5, 0.6) is 11.5 Å². The Hall–Kier alpha value is -2.58. The van der Waals surface area contributed by atoms with Crippen LogP contribution in [0.1, 0.15) is 5.56 Å². The van der Waals surface area contributed by atoms with E-state index in [1.54, 1.807) is 0 Å². The van der Waals surface area contributed by atoms with E-state index in [1.165, 1.54) is 31.4 Å². The number of hydrogen-bond donors (Lipinski definition) is 6. The number of carbonyl (C=O) groups excluding carboxylic acids is 2. The Balaban J connectivity index is 1.87. The Bertz CT molecular complexity index is 797. The van der Waals surface area contributed by atoms with Gasteiger partial charge in [0, 0.05) is 6.08 Å². The van der Waals surface area contributed by atoms with E-state index >= 15 is 0 Å². The number of aldehydes is 1. The van der Waals surface area contributed by atoms with Crippen molar-refractivity contribution in [1.29, 1.82) is 0 Å². The lowest BCUT2D eigenvalue weighted by atomic mass is 10.0. The highest BCUT2D eigenvalue weighted by atomic mass is 16.7. The molecule has 0 aromatic heterocycles. The Morgan fingerprint density at radius 2 is 1.97 bits per heavy atom. The van der Waals surface area contributed by atoms with Crippen LogP contribution in [0.3, 0.4) is 0 Å². The number of aliphatic hydroxyl groups is 5. The number of carbonyl (C=O) groups is 2. The third kappa shape index (κ3) is 6.71. The van der Waals surface area contributed by atoms with Gasteiger partial charge >= 0.3 is 5.97 Å². The molecular formula is C20H26O12. The van der Waals surface area contributed by atoms with Crippen molar-refractivity contribution in [3.8, 4) is 11.5 Å². The van der Waals surface area contributed by atoms with Gasteiger partial charge in [0.15, 0.2) is 24.1 Å². The molecule has 0 saturated carbocycles. The maximum atomic E-state index is 11.8. The van der Waals surface area contributed by atoms with Crippen molar-refractivity contribution < 1.29 is 59.2 Å². The highest BCUT2D eigenvalue weighted by Crippen LogP contribution is 2.26. The fraction of sp³-hybridized carbons (Fsp3) is 0.500. The van der Waals surface area contributed by atoms with Crippen molar-refractivity contribution in [2.24, 2.45) is 0 Å². The summed E-state index contributed by atoms with van der Waals surface area (Å²) in [6.07, 6.45) is -8.92. The zero-order valence-corrected chi connectivity index (χ0v) is 17.1. The second-order valence-corrected chi connectivity index (χ2v) is 6.94. The molecule has 1 fully saturated rings. The SMILES string of the molecule is COc1cc(/C=C/C(=O)OC[C@H](O)[C@H](O)[C@H](C=O)O[C@@H]2OC[C@@H](O)[C@H](O)[C@H]2O)ccc1O. The van der Waals surface area contributed by atoms with Crippen molar-refractivity contribution in [3.63, 3.8) is 0 Å². The van der Waals surface area contributed by atoms with Gasteiger partial charge in [0.05, 0.1) is 13.7 Å². The largest absolute Gasteiger partial charge is 0.504 e. The van der Waals surface area contributed by atoms with Gasteiger partial charge < -0.3 is 54.4 Å². The average molecular weight is 458 g/mol. The Morgan fingerprint density at radius 3 is 2.62 bits per heavy atom. The van der Waals surface area contributed by atoms with Gasteiger partial charge in [-0.3, -0.25) is 0 Å². The predicted octanol–water partition coefficient (Wildman–Crippen LogP) is -2.30. The minimum Gasteiger partial charge on any atom is -0.504 e. The van der Waals surface area contributed by atoms with E-state index < -0.39 is 55.5 Å². The molecule has 1 aliphatic rings. The quantitative estimate of drug-likeness (QED) is 0.125. The Kier molecular flexibility index (Phi) is 9.53. The number of aliphatic hydroxyl groups excluding tert-OH is 5. The lowest BCUT2D eigenvalue weighted by Crippen LogP contribution is -2.56. The van der Waals surface area contributed by atoms with Gasteiger partial charge in [-0.15, -0.1) is 0 Å². The number of esters is 1. The molecule has 12 nitrogen and oxygen atoms in total. The Labute approximate surface area is 182 Å². The fourth-order valence-corrected chi connectivity index (χ4v) is 2.74. The molecule has 32 heavy (non-hydrogen) atoms. The summed E-state index contributed by atoms with van der Waals surface area (Å²) < 4.78 is 19.8. The van der Waals surface area contributed by atoms with Gasteiger partial charge in [-0.25, -0.2) is 4.79 Å². The molecule has 0 amide bonds. The first-order valence-corrected chi connectivity index (χ1v) is 9.52. The van der Waals surface area contributed by atoms with Crippen LogP contribution in [0.25, 0.3) is 6.08 Å². The minimum atomic E-state index is -1.86. The van der Waals surface area contributed by atoms with E-state index in [0.717, 1.165) is 6.08 Å². The summed E-state index contributed by atoms with van der Waals surface area (Å²) in [6.45, 7) is -1.07. The van der Waals surface area contributed by atoms with Crippen molar-refractivity contribution in [1.82, 2.24) is 0 Å². The molecular weight excluding hydrogens is 432 g/mol. The number of phenols is 1. The molecule has 178 valence electrons. The minimum absolute atomic E-state index is 0.0758. The molecule has 2 rings (SSSR count). The molecule has 12 heteroatoms. The van der Waals surface area contributed by atoms with E-state index in [1.807, 2.05) is 0 Å². The number of benzene rings is 1. The monoisotopic (exact) mass is 458 g/mol. The standard InChI is InChI=1S/C20H26O12/c1-29-14-6-10(2-4-11(14)22)3-5-16(25)30-8-12(23)17(26)15(7-21)32-20-19(28)18(27)13(24)9-31-20/h2-7,12-13,15,17-20,22-24,26-28H,8-9H2,1H3/b5-3+/t12-,13+,15-,17-,18-,19+,20-/m0/s1. The summed E-state index contributed by atoms with van der Waals surface area (Å²) >= 11 is 0. The zero-order chi connectivity index (χ0) is 23.8. The molecule has 1 heterocycles. The number of methoxy groups -OCH3 is 1. The fourth-order valence-electron chi connectivity index (χ4n) is 2.74. The van der Waals surface area contributed by atoms with Crippen molar-refractivity contribution in [2.75, 3.05) is 20.3 Å². The summed E-state index contributed by atoms with van der Waals surface area (Å²) in [5.74, 6) is -0.740. The van der Waals surface area contributed by atoms with Crippen LogP contribution in [0.15, 0.2) is 24.3 Å². The molecule has 0 radical (unpaired) electrons. The second-order valence-electron chi connectivity index (χ2n) is 6.94. The number of phenolic OH excluding ortho intramolecular Hbond substituents is 1. The molecule has 1 aromatic rings. The molecule has 7 atom stereocenters. The number of aromatic hydroxyl groups is 1. The highest BCUT2D eigenvalue weighted by molar-refractivity contribution is 5.87. The summed E-state index contributed by atoms with van der Waals surface area (Å²) in [5.41, 5.74) is 0.518. The van der Waals surface area contributed by atoms with Crippen LogP contribution in [-0.2, 0) is 23.8 Å². The summed E-state index contributed by atoms with van der Waals surface area (Å²) in [7, 11) is 1.37. The lowest BCUT2D eigenvalue weighted by Gasteiger charge is -2.36. The third-order valence-corrected chi connectivity index (χ3v) is 4.62. The Morgan fingerprint density at radius 1 is 1.25 bits per heavy atom. The summed E-state index contributed by atoms with van der Waals surface area (Å²) in [5, 5.41) is 58.5. The van der Waals surface area contributed by atoms with Gasteiger partial charge in [-0.2, -0.15) is 0 Å². The maximum absolute atomic E-state index is 11.8. The number of hydrogen-bond acceptors (Lipinski definition) is 12. The van der Waals surface area contributed by atoms with Crippen LogP contribution in [-0.4, -0.2) is 106 Å². The summed E-state index contributed by atoms with van der Waals surface area (Å²) in [4.78, 5) is 23.1. The molecule has 0 aliphatic carbocycles. The average Bonchev–Trinajstić information content (AvgIpc) is 2.79. The first-order valence-electron chi connectivity index (χ1n) is 9.52. The third-order valence-electron chi connectivity index (χ3n) is 4.62. The first kappa shape index (κ1) is 25.7. The molecule has 1 aromatic carbocycles. The van der Waals surface area contributed by atoms with Gasteiger partial charge in [-0.05, 0) is 23.8 Å². The molecule has 0 bridgehead atoms. The van der Waals surface area contributed by atoms with E-state index in [2.05, 4.69) is 0 Å². The van der Waals surface area contributed by atoms with Crippen LogP contribution < -0.4 is 4.74 Å². The van der Waals surface area contributed by atoms with Crippen molar-refractivity contribution in [3.05, 3.63) is 29.8 Å². The van der Waals surface area contributed by atoms with E-state index in [-0.39, 0.29) is 24.4 Å². The molecule has 6 N–H and O–H groups in total. The number of ether oxygens (including phenoxy) is 4. The van der Waals surface area contributed by atoms with E-state index in [9.17, 15) is 40.2 Å². The van der Waals surface area contributed by atoms with Gasteiger partial charge in [-0.1, -0.05) is 6.07 Å². The zero-order valence-electron chi connectivity index (χ0n) is 17.1. The summed E-state index contributed by atoms with van der Waals surface area (Å²) in [6, 6.07) is 4.36. The van der Waals surface area contributed by atoms with Crippen molar-refractivity contribution in [2.45, 2.75) is 42.9 Å². The molecule has 1 aliphatic heterocycles. The van der Waals surface area contributed by atoms with Crippen molar-refractivity contribution >= 4 is 18.3 Å². The predicted molar refractivity (Wildman–Crippen MR) is 105 cm³/mol. The topological polar surface area (TPSA) is 192 Å². The molecule has 0 spiro atoms. The second kappa shape index (κ2) is 11.9. The molecule has 0 unspecified atom stereocenters. The number of rotatable bonds is 10. The van der Waals surface area contributed by atoms with Gasteiger partial charge in [0.2, 0.25) is 0 Å². The normalized spacial score (nSPS) is 26.3. The highest BCUT2D eigenvalue weighted by Gasteiger charge is 2.41. The lowest BCUT2D eigenvalue weighted by molar-refractivity contribution is -0.287. The van der Waals surface area contributed by atoms with E-state index in [0.29, 0.717) is 5.56 Å².